The van der Waals surface area contributed by atoms with Gasteiger partial charge in [0.05, 0.1) is 18.5 Å². The number of likely N-dealkylation sites (tertiary alicyclic amines) is 1. The van der Waals surface area contributed by atoms with Crippen LogP contribution in [-0.2, 0) is 30.7 Å². The number of imidazole rings is 1. The topological polar surface area (TPSA) is 117 Å². The fourth-order valence-corrected chi connectivity index (χ4v) is 6.12. The van der Waals surface area contributed by atoms with E-state index in [-0.39, 0.29) is 16.3 Å². The number of aromatic nitrogens is 4. The van der Waals surface area contributed by atoms with Crippen LogP contribution in [-0.4, -0.2) is 83.5 Å². The molecule has 3 rings (SSSR count). The lowest BCUT2D eigenvalue weighted by Crippen LogP contribution is -2.24. The summed E-state index contributed by atoms with van der Waals surface area (Å²) in [7, 11) is -2.21. The van der Waals surface area contributed by atoms with Crippen molar-refractivity contribution < 1.29 is 22.7 Å². The highest BCUT2D eigenvalue weighted by molar-refractivity contribution is 7.92. The molecule has 0 aromatic carbocycles. The van der Waals surface area contributed by atoms with E-state index >= 15 is 0 Å². The summed E-state index contributed by atoms with van der Waals surface area (Å²) < 4.78 is 38.5. The first-order valence-corrected chi connectivity index (χ1v) is 15.6. The summed E-state index contributed by atoms with van der Waals surface area (Å²) in [6, 6.07) is 0. The summed E-state index contributed by atoms with van der Waals surface area (Å²) in [6.45, 7) is 9.66. The standard InChI is InChI=1S/C26H42ClN5O5S/c1-19(2)38(34,35)25-23-24(29-26(27)30-25)28-20(3)32(23)15-10-6-5-9-14-31-16-13-21(18-31)37-17-11-7-8-12-22(33)36-4/h19,21H,5-18H2,1-4H3/t21-/m1/s1. The Morgan fingerprint density at radius 3 is 2.47 bits per heavy atom. The first kappa shape index (κ1) is 30.7. The second-order valence-corrected chi connectivity index (χ2v) is 13.0. The monoisotopic (exact) mass is 571 g/mol. The summed E-state index contributed by atoms with van der Waals surface area (Å²) in [4.78, 5) is 26.3. The molecule has 1 saturated heterocycles. The van der Waals surface area contributed by atoms with Gasteiger partial charge in [0.1, 0.15) is 11.3 Å². The van der Waals surface area contributed by atoms with Gasteiger partial charge >= 0.3 is 5.97 Å². The minimum Gasteiger partial charge on any atom is -0.469 e. The van der Waals surface area contributed by atoms with Crippen molar-refractivity contribution in [1.82, 2.24) is 24.4 Å². The van der Waals surface area contributed by atoms with Gasteiger partial charge in [-0.25, -0.2) is 18.4 Å². The third-order valence-electron chi connectivity index (χ3n) is 7.07. The fourth-order valence-electron chi connectivity index (χ4n) is 4.78. The van der Waals surface area contributed by atoms with E-state index in [4.69, 9.17) is 16.3 Å². The summed E-state index contributed by atoms with van der Waals surface area (Å²) in [5, 5.41) is -0.754. The van der Waals surface area contributed by atoms with Crippen LogP contribution < -0.4 is 0 Å². The molecule has 0 saturated carbocycles. The Morgan fingerprint density at radius 2 is 1.76 bits per heavy atom. The van der Waals surface area contributed by atoms with E-state index in [2.05, 4.69) is 24.6 Å². The number of hydrogen-bond donors (Lipinski definition) is 0. The molecule has 0 amide bonds. The molecule has 1 aliphatic heterocycles. The average molecular weight is 572 g/mol. The number of aryl methyl sites for hydroxylation is 2. The Hall–Kier alpha value is -1.82. The number of sulfone groups is 1. The Bertz CT molecular complexity index is 1170. The van der Waals surface area contributed by atoms with E-state index in [0.717, 1.165) is 77.6 Å². The maximum atomic E-state index is 12.9. The third-order valence-corrected chi connectivity index (χ3v) is 9.30. The number of halogens is 1. The zero-order valence-corrected chi connectivity index (χ0v) is 24.7. The number of carbonyl (C=O) groups is 1. The van der Waals surface area contributed by atoms with Gasteiger partial charge in [-0.2, -0.15) is 4.98 Å². The van der Waals surface area contributed by atoms with Gasteiger partial charge in [-0.1, -0.05) is 19.3 Å². The minimum atomic E-state index is -3.63. The number of fused-ring (bicyclic) bond motifs is 1. The second-order valence-electron chi connectivity index (χ2n) is 10.3. The molecule has 1 atom stereocenters. The number of rotatable bonds is 16. The van der Waals surface area contributed by atoms with Gasteiger partial charge in [0, 0.05) is 32.7 Å². The number of methoxy groups -OCH3 is 1. The number of ether oxygens (including phenoxy) is 2. The number of esters is 1. The molecule has 1 aliphatic rings. The zero-order chi connectivity index (χ0) is 27.7. The highest BCUT2D eigenvalue weighted by Crippen LogP contribution is 2.26. The fraction of sp³-hybridized carbons (Fsp3) is 0.769. The molecule has 2 aromatic heterocycles. The van der Waals surface area contributed by atoms with Crippen LogP contribution in [0.15, 0.2) is 5.03 Å². The van der Waals surface area contributed by atoms with Crippen LogP contribution in [0.1, 0.15) is 77.5 Å². The van der Waals surface area contributed by atoms with Gasteiger partial charge in [0.15, 0.2) is 20.5 Å². The maximum absolute atomic E-state index is 12.9. The van der Waals surface area contributed by atoms with Gasteiger partial charge in [-0.3, -0.25) is 4.79 Å². The Morgan fingerprint density at radius 1 is 1.05 bits per heavy atom. The Labute approximate surface area is 231 Å². The van der Waals surface area contributed by atoms with E-state index in [9.17, 15) is 13.2 Å². The highest BCUT2D eigenvalue weighted by atomic mass is 35.5. The molecule has 214 valence electrons. The number of carbonyl (C=O) groups excluding carboxylic acids is 1. The van der Waals surface area contributed by atoms with Gasteiger partial charge in [0.2, 0.25) is 5.28 Å². The molecule has 0 N–H and O–H groups in total. The Balaban J connectivity index is 1.37. The molecular weight excluding hydrogens is 530 g/mol. The van der Waals surface area contributed by atoms with E-state index in [1.807, 2.05) is 11.5 Å². The van der Waals surface area contributed by atoms with Gasteiger partial charge in [-0.05, 0) is 71.0 Å². The van der Waals surface area contributed by atoms with Crippen LogP contribution >= 0.6 is 11.6 Å². The normalized spacial score (nSPS) is 16.6. The largest absolute Gasteiger partial charge is 0.469 e. The lowest BCUT2D eigenvalue weighted by molar-refractivity contribution is -0.140. The van der Waals surface area contributed by atoms with Crippen molar-refractivity contribution in [3.05, 3.63) is 11.1 Å². The van der Waals surface area contributed by atoms with Crippen LogP contribution in [0.4, 0.5) is 0 Å². The predicted molar refractivity (Wildman–Crippen MR) is 147 cm³/mol. The first-order chi connectivity index (χ1) is 18.1. The summed E-state index contributed by atoms with van der Waals surface area (Å²) in [6.07, 6.45) is 8.85. The van der Waals surface area contributed by atoms with Crippen molar-refractivity contribution in [2.75, 3.05) is 33.4 Å². The third kappa shape index (κ3) is 8.34. The molecule has 10 nitrogen and oxygen atoms in total. The molecule has 0 bridgehead atoms. The summed E-state index contributed by atoms with van der Waals surface area (Å²) in [5.41, 5.74) is 0.779. The number of nitrogens with zero attached hydrogens (tertiary/aromatic N) is 5. The maximum Gasteiger partial charge on any atom is 0.305 e. The Kier molecular flexibility index (Phi) is 11.7. The van der Waals surface area contributed by atoms with Gasteiger partial charge in [0.25, 0.3) is 0 Å². The van der Waals surface area contributed by atoms with Crippen molar-refractivity contribution in [3.63, 3.8) is 0 Å². The van der Waals surface area contributed by atoms with E-state index in [1.54, 1.807) is 13.8 Å². The first-order valence-electron chi connectivity index (χ1n) is 13.7. The second kappa shape index (κ2) is 14.5. The smallest absolute Gasteiger partial charge is 0.305 e. The van der Waals surface area contributed by atoms with E-state index in [0.29, 0.717) is 36.1 Å². The highest BCUT2D eigenvalue weighted by Gasteiger charge is 2.28. The lowest BCUT2D eigenvalue weighted by Gasteiger charge is -2.16. The molecule has 0 spiro atoms. The molecular formula is C26H42ClN5O5S. The van der Waals surface area contributed by atoms with Gasteiger partial charge < -0.3 is 18.9 Å². The lowest BCUT2D eigenvalue weighted by atomic mass is 10.2. The van der Waals surface area contributed by atoms with Crippen LogP contribution in [0.25, 0.3) is 11.2 Å². The number of unbranched alkanes of at least 4 members (excludes halogenated alkanes) is 5. The quantitative estimate of drug-likeness (QED) is 0.125. The van der Waals surface area contributed by atoms with Crippen LogP contribution in [0.5, 0.6) is 0 Å². The predicted octanol–water partition coefficient (Wildman–Crippen LogP) is 4.35. The average Bonchev–Trinajstić information content (AvgIpc) is 3.45. The van der Waals surface area contributed by atoms with Crippen LogP contribution in [0.2, 0.25) is 5.28 Å². The zero-order valence-electron chi connectivity index (χ0n) is 23.1. The molecule has 3 heterocycles. The van der Waals surface area contributed by atoms with E-state index < -0.39 is 15.1 Å². The van der Waals surface area contributed by atoms with Crippen molar-refractivity contribution in [3.8, 4) is 0 Å². The summed E-state index contributed by atoms with van der Waals surface area (Å²) in [5.74, 6) is 0.567. The number of hydrogen-bond acceptors (Lipinski definition) is 9. The molecule has 1 fully saturated rings. The molecule has 38 heavy (non-hydrogen) atoms. The van der Waals surface area contributed by atoms with Crippen LogP contribution in [0, 0.1) is 6.92 Å². The molecule has 0 unspecified atom stereocenters. The van der Waals surface area contributed by atoms with Crippen molar-refractivity contribution >= 4 is 38.6 Å². The van der Waals surface area contributed by atoms with Crippen molar-refractivity contribution in [1.29, 1.82) is 0 Å². The minimum absolute atomic E-state index is 0.0323. The van der Waals surface area contributed by atoms with Gasteiger partial charge in [-0.15, -0.1) is 0 Å². The van der Waals surface area contributed by atoms with Crippen molar-refractivity contribution in [2.45, 2.75) is 101 Å². The van der Waals surface area contributed by atoms with Crippen molar-refractivity contribution in [2.24, 2.45) is 0 Å². The SMILES string of the molecule is COC(=O)CCCCCO[C@@H]1CCN(CCCCCCn2c(C)nc3nc(Cl)nc(S(=O)(=O)C(C)C)c32)C1. The molecule has 12 heteroatoms. The molecule has 2 aromatic rings. The summed E-state index contributed by atoms with van der Waals surface area (Å²) >= 11 is 6.02. The molecule has 0 radical (unpaired) electrons. The van der Waals surface area contributed by atoms with E-state index in [1.165, 1.54) is 7.11 Å². The van der Waals surface area contributed by atoms with Crippen LogP contribution in [0.3, 0.4) is 0 Å². The molecule has 0 aliphatic carbocycles.